The summed E-state index contributed by atoms with van der Waals surface area (Å²) in [5, 5.41) is 2.94. The molecule has 1 aliphatic carbocycles. The van der Waals surface area contributed by atoms with E-state index >= 15 is 0 Å². The summed E-state index contributed by atoms with van der Waals surface area (Å²) in [5.74, 6) is -0.748. The van der Waals surface area contributed by atoms with E-state index in [-0.39, 0.29) is 5.69 Å². The number of benzene rings is 2. The Balaban J connectivity index is 1.77. The van der Waals surface area contributed by atoms with Crippen molar-refractivity contribution in [2.24, 2.45) is 0 Å². The predicted octanol–water partition coefficient (Wildman–Crippen LogP) is 4.50. The maximum Gasteiger partial charge on any atom is 0.149 e. The number of nitrogens with one attached hydrogen (secondary N) is 1. The summed E-state index contributed by atoms with van der Waals surface area (Å²) in [7, 11) is 0. The highest BCUT2D eigenvalue weighted by molar-refractivity contribution is 5.47. The average molecular weight is 273 g/mol. The predicted molar refractivity (Wildman–Crippen MR) is 77.0 cm³/mol. The number of anilines is 1. The number of rotatable bonds is 3. The van der Waals surface area contributed by atoms with Crippen LogP contribution in [0.3, 0.4) is 0 Å². The lowest BCUT2D eigenvalue weighted by atomic mass is 9.83. The van der Waals surface area contributed by atoms with Crippen molar-refractivity contribution in [1.82, 2.24) is 0 Å². The fourth-order valence-electron chi connectivity index (χ4n) is 2.96. The van der Waals surface area contributed by atoms with E-state index in [9.17, 15) is 8.78 Å². The largest absolute Gasteiger partial charge is 0.380 e. The van der Waals surface area contributed by atoms with Gasteiger partial charge < -0.3 is 5.32 Å². The minimum atomic E-state index is -0.533. The van der Waals surface area contributed by atoms with Crippen molar-refractivity contribution in [2.45, 2.75) is 25.2 Å². The molecule has 1 unspecified atom stereocenters. The van der Waals surface area contributed by atoms with Gasteiger partial charge >= 0.3 is 0 Å². The van der Waals surface area contributed by atoms with Gasteiger partial charge in [-0.05, 0) is 42.5 Å². The first-order chi connectivity index (χ1) is 9.75. The summed E-state index contributed by atoms with van der Waals surface area (Å²) in [4.78, 5) is 0. The molecule has 0 fully saturated rings. The lowest BCUT2D eigenvalue weighted by molar-refractivity contribution is 0.559. The van der Waals surface area contributed by atoms with Crippen LogP contribution in [-0.2, 0) is 6.42 Å². The Labute approximate surface area is 117 Å². The molecular weight excluding hydrogens is 256 g/mol. The Bertz CT molecular complexity index is 589. The van der Waals surface area contributed by atoms with Gasteiger partial charge in [0.25, 0.3) is 0 Å². The number of fused-ring (bicyclic) bond motifs is 1. The van der Waals surface area contributed by atoms with Crippen molar-refractivity contribution < 1.29 is 8.78 Å². The lowest BCUT2D eigenvalue weighted by Gasteiger charge is -2.26. The van der Waals surface area contributed by atoms with E-state index in [4.69, 9.17) is 0 Å². The first kappa shape index (κ1) is 13.1. The van der Waals surface area contributed by atoms with E-state index in [2.05, 4.69) is 17.4 Å². The van der Waals surface area contributed by atoms with E-state index in [0.717, 1.165) is 19.3 Å². The maximum atomic E-state index is 13.6. The lowest BCUT2D eigenvalue weighted by Crippen LogP contribution is -2.19. The second-order valence-electron chi connectivity index (χ2n) is 5.27. The van der Waals surface area contributed by atoms with Crippen molar-refractivity contribution in [3.63, 3.8) is 0 Å². The Morgan fingerprint density at radius 3 is 2.55 bits per heavy atom. The van der Waals surface area contributed by atoms with Gasteiger partial charge in [-0.3, -0.25) is 0 Å². The van der Waals surface area contributed by atoms with Crippen LogP contribution in [0.15, 0.2) is 42.5 Å². The molecule has 1 nitrogen and oxygen atoms in total. The molecule has 2 aromatic rings. The summed E-state index contributed by atoms with van der Waals surface area (Å²) in [6, 6.07) is 12.3. The van der Waals surface area contributed by atoms with Crippen LogP contribution in [0, 0.1) is 11.6 Å². The Morgan fingerprint density at radius 2 is 1.75 bits per heavy atom. The van der Waals surface area contributed by atoms with Gasteiger partial charge in [0.15, 0.2) is 0 Å². The minimum Gasteiger partial charge on any atom is -0.380 e. The second kappa shape index (κ2) is 5.61. The highest BCUT2D eigenvalue weighted by Gasteiger charge is 2.20. The summed E-state index contributed by atoms with van der Waals surface area (Å²) in [6.07, 6.45) is 3.28. The molecule has 0 spiro atoms. The van der Waals surface area contributed by atoms with Crippen LogP contribution in [0.4, 0.5) is 14.5 Å². The van der Waals surface area contributed by atoms with Gasteiger partial charge in [-0.15, -0.1) is 0 Å². The van der Waals surface area contributed by atoms with E-state index in [1.807, 2.05) is 12.1 Å². The van der Waals surface area contributed by atoms with Gasteiger partial charge in [-0.1, -0.05) is 30.3 Å². The summed E-state index contributed by atoms with van der Waals surface area (Å²) < 4.78 is 27.2. The molecule has 0 aromatic heterocycles. The Hall–Kier alpha value is -1.90. The number of aryl methyl sites for hydroxylation is 1. The molecule has 0 saturated heterocycles. The number of hydrogen-bond acceptors (Lipinski definition) is 1. The van der Waals surface area contributed by atoms with Crippen molar-refractivity contribution in [2.75, 3.05) is 11.9 Å². The zero-order valence-corrected chi connectivity index (χ0v) is 11.2. The van der Waals surface area contributed by atoms with E-state index in [1.54, 1.807) is 0 Å². The molecule has 2 aromatic carbocycles. The van der Waals surface area contributed by atoms with Gasteiger partial charge in [-0.25, -0.2) is 8.78 Å². The molecule has 3 heteroatoms. The van der Waals surface area contributed by atoms with Crippen LogP contribution >= 0.6 is 0 Å². The smallest absolute Gasteiger partial charge is 0.149 e. The van der Waals surface area contributed by atoms with E-state index in [1.165, 1.54) is 29.3 Å². The van der Waals surface area contributed by atoms with Crippen LogP contribution in [0.2, 0.25) is 0 Å². The third kappa shape index (κ3) is 2.53. The molecule has 0 aliphatic heterocycles. The number of hydrogen-bond donors (Lipinski definition) is 1. The summed E-state index contributed by atoms with van der Waals surface area (Å²) in [6.45, 7) is 0.564. The molecule has 0 saturated carbocycles. The molecule has 1 aliphatic rings. The molecule has 0 radical (unpaired) electrons. The quantitative estimate of drug-likeness (QED) is 0.868. The Morgan fingerprint density at radius 1 is 1.00 bits per heavy atom. The van der Waals surface area contributed by atoms with Crippen LogP contribution in [0.1, 0.15) is 29.9 Å². The monoisotopic (exact) mass is 273 g/mol. The molecule has 0 heterocycles. The summed E-state index contributed by atoms with van der Waals surface area (Å²) in [5.41, 5.74) is 2.65. The van der Waals surface area contributed by atoms with Gasteiger partial charge in [0, 0.05) is 12.5 Å². The van der Waals surface area contributed by atoms with Crippen molar-refractivity contribution in [1.29, 1.82) is 0 Å². The molecule has 0 amide bonds. The van der Waals surface area contributed by atoms with Crippen LogP contribution in [0.25, 0.3) is 0 Å². The minimum absolute atomic E-state index is 0.0180. The third-order valence-electron chi connectivity index (χ3n) is 3.98. The van der Waals surface area contributed by atoms with Crippen molar-refractivity contribution in [3.8, 4) is 0 Å². The SMILES string of the molecule is Fc1cccc(F)c1NCC1CCCc2ccccc21. The van der Waals surface area contributed by atoms with Crippen LogP contribution in [0.5, 0.6) is 0 Å². The van der Waals surface area contributed by atoms with Gasteiger partial charge in [-0.2, -0.15) is 0 Å². The molecule has 0 bridgehead atoms. The van der Waals surface area contributed by atoms with Crippen LogP contribution in [-0.4, -0.2) is 6.54 Å². The molecule has 104 valence electrons. The van der Waals surface area contributed by atoms with Gasteiger partial charge in [0.05, 0.1) is 0 Å². The topological polar surface area (TPSA) is 12.0 Å². The van der Waals surface area contributed by atoms with E-state index < -0.39 is 11.6 Å². The van der Waals surface area contributed by atoms with E-state index in [0.29, 0.717) is 12.5 Å². The van der Waals surface area contributed by atoms with Crippen LogP contribution < -0.4 is 5.32 Å². The van der Waals surface area contributed by atoms with Gasteiger partial charge in [0.1, 0.15) is 17.3 Å². The Kier molecular flexibility index (Phi) is 3.68. The van der Waals surface area contributed by atoms with Crippen molar-refractivity contribution >= 4 is 5.69 Å². The molecule has 3 rings (SSSR count). The molecule has 1 N–H and O–H groups in total. The first-order valence-corrected chi connectivity index (χ1v) is 7.01. The zero-order valence-electron chi connectivity index (χ0n) is 11.2. The second-order valence-corrected chi connectivity index (χ2v) is 5.27. The average Bonchev–Trinajstić information content (AvgIpc) is 2.47. The number of para-hydroxylation sites is 1. The maximum absolute atomic E-state index is 13.6. The molecular formula is C17H17F2N. The standard InChI is InChI=1S/C17H17F2N/c18-15-9-4-10-16(19)17(15)20-11-13-7-3-6-12-5-1-2-8-14(12)13/h1-2,4-5,8-10,13,20H,3,6-7,11H2. The fraction of sp³-hybridized carbons (Fsp3) is 0.294. The highest BCUT2D eigenvalue weighted by Crippen LogP contribution is 2.32. The van der Waals surface area contributed by atoms with Gasteiger partial charge in [0.2, 0.25) is 0 Å². The zero-order chi connectivity index (χ0) is 13.9. The summed E-state index contributed by atoms with van der Waals surface area (Å²) >= 11 is 0. The highest BCUT2D eigenvalue weighted by atomic mass is 19.1. The fourth-order valence-corrected chi connectivity index (χ4v) is 2.96. The third-order valence-corrected chi connectivity index (χ3v) is 3.98. The normalized spacial score (nSPS) is 17.6. The van der Waals surface area contributed by atoms with Crippen molar-refractivity contribution in [3.05, 3.63) is 65.2 Å². The molecule has 1 atom stereocenters. The number of halogens is 2. The first-order valence-electron chi connectivity index (χ1n) is 7.01. The molecule has 20 heavy (non-hydrogen) atoms.